The molecule has 1 aliphatic carbocycles. The Hall–Kier alpha value is -0.410. The molecule has 1 fully saturated rings. The molecule has 1 nitrogen and oxygen atoms in total. The van der Waals surface area contributed by atoms with Gasteiger partial charge in [0.05, 0.1) is 0 Å². The van der Waals surface area contributed by atoms with Crippen LogP contribution in [0.5, 0.6) is 0 Å². The zero-order chi connectivity index (χ0) is 12.4. The average Bonchev–Trinajstić information content (AvgIpc) is 3.09. The lowest BCUT2D eigenvalue weighted by molar-refractivity contribution is 0.425. The summed E-state index contributed by atoms with van der Waals surface area (Å²) in [6.45, 7) is 5.27. The smallest absolute Gasteiger partial charge is 0.129 e. The Morgan fingerprint density at radius 2 is 2.12 bits per heavy atom. The largest absolute Gasteiger partial charge is 0.310 e. The Balaban J connectivity index is 1.91. The Morgan fingerprint density at radius 1 is 1.41 bits per heavy atom. The zero-order valence-electron chi connectivity index (χ0n) is 10.3. The monoisotopic (exact) mass is 299 g/mol. The molecule has 0 aromatic heterocycles. The number of hydrogen-bond donors (Lipinski definition) is 1. The van der Waals surface area contributed by atoms with Crippen molar-refractivity contribution in [3.05, 3.63) is 34.1 Å². The molecule has 2 unspecified atom stereocenters. The molecule has 17 heavy (non-hydrogen) atoms. The van der Waals surface area contributed by atoms with Crippen LogP contribution in [0.4, 0.5) is 4.39 Å². The van der Waals surface area contributed by atoms with Gasteiger partial charge < -0.3 is 5.32 Å². The molecule has 1 N–H and O–H groups in total. The highest BCUT2D eigenvalue weighted by molar-refractivity contribution is 9.10. The van der Waals surface area contributed by atoms with Crippen LogP contribution < -0.4 is 5.32 Å². The van der Waals surface area contributed by atoms with Gasteiger partial charge >= 0.3 is 0 Å². The molecular weight excluding hydrogens is 281 g/mol. The third kappa shape index (κ3) is 3.52. The van der Waals surface area contributed by atoms with E-state index in [9.17, 15) is 4.39 Å². The van der Waals surface area contributed by atoms with Crippen LogP contribution in [0.25, 0.3) is 0 Å². The van der Waals surface area contributed by atoms with Crippen molar-refractivity contribution in [2.75, 3.05) is 6.54 Å². The second-order valence-electron chi connectivity index (χ2n) is 5.11. The highest BCUT2D eigenvalue weighted by Crippen LogP contribution is 2.36. The second-order valence-corrected chi connectivity index (χ2v) is 6.03. The summed E-state index contributed by atoms with van der Waals surface area (Å²) in [6.07, 6.45) is 2.73. The van der Waals surface area contributed by atoms with Gasteiger partial charge in [0, 0.05) is 16.1 Å². The molecule has 94 valence electrons. The third-order valence-corrected chi connectivity index (χ3v) is 4.10. The second kappa shape index (κ2) is 5.49. The van der Waals surface area contributed by atoms with Gasteiger partial charge in [-0.25, -0.2) is 4.39 Å². The normalized spacial score (nSPS) is 19.1. The number of nitrogens with one attached hydrogen (secondary N) is 1. The first-order valence-corrected chi connectivity index (χ1v) is 7.05. The topological polar surface area (TPSA) is 12.0 Å². The lowest BCUT2D eigenvalue weighted by Gasteiger charge is -2.18. The van der Waals surface area contributed by atoms with Crippen LogP contribution in [0.2, 0.25) is 0 Å². The van der Waals surface area contributed by atoms with Crippen molar-refractivity contribution in [1.82, 2.24) is 5.32 Å². The number of benzene rings is 1. The first kappa shape index (κ1) is 13.0. The van der Waals surface area contributed by atoms with Gasteiger partial charge in [0.1, 0.15) is 5.82 Å². The minimum absolute atomic E-state index is 0.0734. The van der Waals surface area contributed by atoms with Gasteiger partial charge in [-0.2, -0.15) is 0 Å². The molecule has 0 aliphatic heterocycles. The summed E-state index contributed by atoms with van der Waals surface area (Å²) in [5, 5.41) is 3.42. The van der Waals surface area contributed by atoms with Gasteiger partial charge in [0.2, 0.25) is 0 Å². The van der Waals surface area contributed by atoms with Gasteiger partial charge in [-0.3, -0.25) is 0 Å². The summed E-state index contributed by atoms with van der Waals surface area (Å²) >= 11 is 3.27. The van der Waals surface area contributed by atoms with E-state index in [0.29, 0.717) is 5.92 Å². The van der Waals surface area contributed by atoms with E-state index in [1.807, 2.05) is 19.1 Å². The van der Waals surface area contributed by atoms with E-state index in [1.165, 1.54) is 18.9 Å². The summed E-state index contributed by atoms with van der Waals surface area (Å²) < 4.78 is 14.5. The van der Waals surface area contributed by atoms with E-state index in [-0.39, 0.29) is 11.9 Å². The van der Waals surface area contributed by atoms with Crippen molar-refractivity contribution in [3.8, 4) is 0 Å². The molecule has 0 amide bonds. The minimum atomic E-state index is -0.140. The quantitative estimate of drug-likeness (QED) is 0.855. The molecule has 2 rings (SSSR count). The lowest BCUT2D eigenvalue weighted by Crippen LogP contribution is -2.26. The fourth-order valence-electron chi connectivity index (χ4n) is 2.16. The van der Waals surface area contributed by atoms with Crippen LogP contribution in [0.15, 0.2) is 22.7 Å². The van der Waals surface area contributed by atoms with Crippen molar-refractivity contribution >= 4 is 15.9 Å². The van der Waals surface area contributed by atoms with E-state index in [4.69, 9.17) is 0 Å². The molecular formula is C14H19BrFN. The summed E-state index contributed by atoms with van der Waals surface area (Å²) in [7, 11) is 0. The lowest BCUT2D eigenvalue weighted by atomic mass is 10.0. The molecule has 1 aromatic rings. The molecule has 0 heterocycles. The minimum Gasteiger partial charge on any atom is -0.310 e. The van der Waals surface area contributed by atoms with Crippen LogP contribution in [-0.2, 0) is 0 Å². The number of rotatable bonds is 5. The van der Waals surface area contributed by atoms with Gasteiger partial charge in [-0.05, 0) is 50.3 Å². The summed E-state index contributed by atoms with van der Waals surface area (Å²) in [5.74, 6) is 1.46. The molecule has 2 atom stereocenters. The van der Waals surface area contributed by atoms with Crippen LogP contribution in [-0.4, -0.2) is 6.54 Å². The summed E-state index contributed by atoms with van der Waals surface area (Å²) in [6, 6.07) is 5.33. The van der Waals surface area contributed by atoms with Crippen molar-refractivity contribution in [2.45, 2.75) is 32.7 Å². The maximum atomic E-state index is 13.7. The Bertz CT molecular complexity index is 390. The van der Waals surface area contributed by atoms with Gasteiger partial charge in [-0.1, -0.05) is 28.9 Å². The van der Waals surface area contributed by atoms with E-state index in [2.05, 4.69) is 28.2 Å². The van der Waals surface area contributed by atoms with Gasteiger partial charge in [0.15, 0.2) is 0 Å². The molecule has 0 radical (unpaired) electrons. The Morgan fingerprint density at radius 3 is 2.71 bits per heavy atom. The maximum absolute atomic E-state index is 13.7. The average molecular weight is 300 g/mol. The molecule has 1 saturated carbocycles. The highest BCUT2D eigenvalue weighted by atomic mass is 79.9. The first-order valence-electron chi connectivity index (χ1n) is 6.26. The van der Waals surface area contributed by atoms with Crippen molar-refractivity contribution < 1.29 is 4.39 Å². The Labute approximate surface area is 111 Å². The molecule has 0 saturated heterocycles. The molecule has 0 bridgehead atoms. The number of halogens is 2. The predicted molar refractivity (Wildman–Crippen MR) is 72.4 cm³/mol. The first-order chi connectivity index (χ1) is 8.08. The van der Waals surface area contributed by atoms with Crippen LogP contribution >= 0.6 is 15.9 Å². The zero-order valence-corrected chi connectivity index (χ0v) is 11.9. The highest BCUT2D eigenvalue weighted by Gasteiger charge is 2.27. The van der Waals surface area contributed by atoms with Crippen LogP contribution in [0.1, 0.15) is 38.3 Å². The Kier molecular flexibility index (Phi) is 4.21. The van der Waals surface area contributed by atoms with Crippen molar-refractivity contribution in [2.24, 2.45) is 11.8 Å². The summed E-state index contributed by atoms with van der Waals surface area (Å²) in [4.78, 5) is 0. The van der Waals surface area contributed by atoms with E-state index < -0.39 is 0 Å². The predicted octanol–water partition coefficient (Wildman–Crippen LogP) is 4.28. The van der Waals surface area contributed by atoms with E-state index in [0.717, 1.165) is 22.5 Å². The fourth-order valence-corrected chi connectivity index (χ4v) is 2.49. The maximum Gasteiger partial charge on any atom is 0.129 e. The standard InChI is InChI=1S/C14H19BrFN/c1-9(11-3-4-11)8-17-10(2)13-6-5-12(15)7-14(13)16/h5-7,9-11,17H,3-4,8H2,1-2H3. The SMILES string of the molecule is CC(NCC(C)C1CC1)c1ccc(Br)cc1F. The molecule has 1 aromatic carbocycles. The molecule has 3 heteroatoms. The van der Waals surface area contributed by atoms with Crippen LogP contribution in [0, 0.1) is 17.7 Å². The van der Waals surface area contributed by atoms with E-state index >= 15 is 0 Å². The van der Waals surface area contributed by atoms with Crippen molar-refractivity contribution in [1.29, 1.82) is 0 Å². The molecule has 0 spiro atoms. The summed E-state index contributed by atoms with van der Waals surface area (Å²) in [5.41, 5.74) is 0.746. The fraction of sp³-hybridized carbons (Fsp3) is 0.571. The number of hydrogen-bond acceptors (Lipinski definition) is 1. The third-order valence-electron chi connectivity index (χ3n) is 3.60. The molecule has 1 aliphatic rings. The van der Waals surface area contributed by atoms with Gasteiger partial charge in [0.25, 0.3) is 0 Å². The van der Waals surface area contributed by atoms with Crippen LogP contribution in [0.3, 0.4) is 0 Å². The van der Waals surface area contributed by atoms with E-state index in [1.54, 1.807) is 0 Å². The van der Waals surface area contributed by atoms with Crippen molar-refractivity contribution in [3.63, 3.8) is 0 Å². The van der Waals surface area contributed by atoms with Gasteiger partial charge in [-0.15, -0.1) is 0 Å².